The van der Waals surface area contributed by atoms with Crippen LogP contribution >= 0.6 is 11.6 Å². The van der Waals surface area contributed by atoms with E-state index in [-0.39, 0.29) is 11.1 Å². The number of hydrazone groups is 1. The molecule has 3 aromatic rings. The first-order valence-corrected chi connectivity index (χ1v) is 9.18. The number of aryl methyl sites for hydroxylation is 2. The number of carbonyl (C=O) groups excluding carboxylic acids is 1. The maximum absolute atomic E-state index is 13.9. The van der Waals surface area contributed by atoms with E-state index in [0.717, 1.165) is 34.3 Å². The van der Waals surface area contributed by atoms with Gasteiger partial charge in [-0.25, -0.2) is 9.82 Å². The number of benzene rings is 2. The summed E-state index contributed by atoms with van der Waals surface area (Å²) in [5, 5.41) is 13.4. The molecule has 7 heteroatoms. The molecule has 5 nitrogen and oxygen atoms in total. The molecule has 0 saturated heterocycles. The van der Waals surface area contributed by atoms with Crippen molar-refractivity contribution in [3.8, 4) is 11.8 Å². The van der Waals surface area contributed by atoms with Gasteiger partial charge in [0, 0.05) is 27.7 Å². The Balaban J connectivity index is 1.83. The van der Waals surface area contributed by atoms with Crippen LogP contribution in [0.25, 0.3) is 5.69 Å². The minimum atomic E-state index is -0.772. The number of carbonyl (C=O) groups is 1. The third-order valence-corrected chi connectivity index (χ3v) is 4.83. The molecule has 1 aromatic heterocycles. The highest BCUT2D eigenvalue weighted by atomic mass is 35.5. The van der Waals surface area contributed by atoms with Gasteiger partial charge in [0.15, 0.2) is 0 Å². The Bertz CT molecular complexity index is 1170. The van der Waals surface area contributed by atoms with Crippen LogP contribution in [0.5, 0.6) is 0 Å². The smallest absolute Gasteiger partial charge is 0.274 e. The number of rotatable bonds is 4. The first kappa shape index (κ1) is 20.3. The van der Waals surface area contributed by atoms with Crippen LogP contribution in [0.3, 0.4) is 0 Å². The Labute approximate surface area is 173 Å². The average Bonchev–Trinajstić information content (AvgIpc) is 2.96. The zero-order valence-electron chi connectivity index (χ0n) is 16.1. The molecule has 146 valence electrons. The highest BCUT2D eigenvalue weighted by molar-refractivity contribution is 6.30. The van der Waals surface area contributed by atoms with Crippen molar-refractivity contribution in [2.75, 3.05) is 0 Å². The lowest BCUT2D eigenvalue weighted by Gasteiger charge is -2.13. The second kappa shape index (κ2) is 8.29. The molecular formula is C22H18ClFN4O. The van der Waals surface area contributed by atoms with Crippen LogP contribution in [-0.2, 0) is 0 Å². The monoisotopic (exact) mass is 408 g/mol. The Morgan fingerprint density at radius 1 is 1.21 bits per heavy atom. The van der Waals surface area contributed by atoms with Crippen LogP contribution in [0.2, 0.25) is 5.02 Å². The number of nitriles is 1. The second-order valence-corrected chi connectivity index (χ2v) is 7.03. The minimum Gasteiger partial charge on any atom is -0.318 e. The molecule has 29 heavy (non-hydrogen) atoms. The average molecular weight is 409 g/mol. The number of amides is 1. The number of aromatic nitrogens is 1. The van der Waals surface area contributed by atoms with Gasteiger partial charge in [-0.3, -0.25) is 4.79 Å². The van der Waals surface area contributed by atoms with Gasteiger partial charge in [-0.15, -0.1) is 0 Å². The third kappa shape index (κ3) is 4.20. The summed E-state index contributed by atoms with van der Waals surface area (Å²) in [6.45, 7) is 5.91. The summed E-state index contributed by atoms with van der Waals surface area (Å²) in [7, 11) is 0. The van der Waals surface area contributed by atoms with Crippen LogP contribution in [0, 0.1) is 37.9 Å². The van der Waals surface area contributed by atoms with Gasteiger partial charge in [-0.1, -0.05) is 17.7 Å². The van der Waals surface area contributed by atoms with Gasteiger partial charge in [0.25, 0.3) is 5.91 Å². The summed E-state index contributed by atoms with van der Waals surface area (Å²) in [5.41, 5.74) is 7.05. The van der Waals surface area contributed by atoms with Gasteiger partial charge < -0.3 is 4.57 Å². The molecule has 0 atom stereocenters. The van der Waals surface area contributed by atoms with E-state index >= 15 is 0 Å². The van der Waals surface area contributed by atoms with E-state index in [1.54, 1.807) is 0 Å². The summed E-state index contributed by atoms with van der Waals surface area (Å²) in [4.78, 5) is 12.1. The third-order valence-electron chi connectivity index (χ3n) is 4.59. The lowest BCUT2D eigenvalue weighted by molar-refractivity contribution is 0.0951. The topological polar surface area (TPSA) is 70.2 Å². The lowest BCUT2D eigenvalue weighted by Crippen LogP contribution is -2.19. The van der Waals surface area contributed by atoms with E-state index in [4.69, 9.17) is 16.9 Å². The van der Waals surface area contributed by atoms with Gasteiger partial charge >= 0.3 is 0 Å². The maximum atomic E-state index is 13.9. The van der Waals surface area contributed by atoms with Crippen LogP contribution in [0.15, 0.2) is 47.6 Å². The Morgan fingerprint density at radius 2 is 1.97 bits per heavy atom. The number of nitrogens with zero attached hydrogens (tertiary/aromatic N) is 3. The lowest BCUT2D eigenvalue weighted by atomic mass is 10.1. The molecule has 2 aromatic carbocycles. The van der Waals surface area contributed by atoms with Crippen molar-refractivity contribution in [1.82, 2.24) is 9.99 Å². The highest BCUT2D eigenvalue weighted by Crippen LogP contribution is 2.25. The van der Waals surface area contributed by atoms with Crippen LogP contribution in [-0.4, -0.2) is 16.7 Å². The summed E-state index contributed by atoms with van der Waals surface area (Å²) in [6.07, 6.45) is 1.51. The quantitative estimate of drug-likeness (QED) is 0.496. The van der Waals surface area contributed by atoms with Crippen molar-refractivity contribution < 1.29 is 9.18 Å². The summed E-state index contributed by atoms with van der Waals surface area (Å²) >= 11 is 6.15. The summed E-state index contributed by atoms with van der Waals surface area (Å²) in [5.74, 6) is -1.46. The van der Waals surface area contributed by atoms with Crippen LogP contribution in [0.1, 0.15) is 38.4 Å². The number of hydrogen-bond acceptors (Lipinski definition) is 3. The fraction of sp³-hybridized carbons (Fsp3) is 0.136. The van der Waals surface area contributed by atoms with Gasteiger partial charge in [0.05, 0.1) is 23.4 Å². The van der Waals surface area contributed by atoms with Crippen molar-refractivity contribution >= 4 is 23.7 Å². The van der Waals surface area contributed by atoms with E-state index in [2.05, 4.69) is 15.1 Å². The maximum Gasteiger partial charge on any atom is 0.274 e. The van der Waals surface area contributed by atoms with Gasteiger partial charge in [-0.2, -0.15) is 10.4 Å². The van der Waals surface area contributed by atoms with Crippen LogP contribution < -0.4 is 5.43 Å². The molecule has 0 radical (unpaired) electrons. The second-order valence-electron chi connectivity index (χ2n) is 6.60. The van der Waals surface area contributed by atoms with Crippen molar-refractivity contribution in [3.63, 3.8) is 0 Å². The van der Waals surface area contributed by atoms with E-state index in [1.165, 1.54) is 18.3 Å². The molecule has 0 saturated carbocycles. The van der Waals surface area contributed by atoms with Crippen molar-refractivity contribution in [3.05, 3.63) is 86.9 Å². The molecule has 1 heterocycles. The Kier molecular flexibility index (Phi) is 5.81. The molecule has 1 amide bonds. The largest absolute Gasteiger partial charge is 0.318 e. The molecule has 0 fully saturated rings. The van der Waals surface area contributed by atoms with E-state index in [9.17, 15) is 9.18 Å². The van der Waals surface area contributed by atoms with Gasteiger partial charge in [0.1, 0.15) is 5.82 Å². The molecule has 3 rings (SSSR count). The first-order chi connectivity index (χ1) is 13.8. The molecule has 0 spiro atoms. The molecule has 0 aliphatic carbocycles. The van der Waals surface area contributed by atoms with Crippen molar-refractivity contribution in [2.45, 2.75) is 20.8 Å². The molecule has 0 unspecified atom stereocenters. The van der Waals surface area contributed by atoms with Gasteiger partial charge in [-0.05, 0) is 62.7 Å². The normalized spacial score (nSPS) is 10.9. The molecular weight excluding hydrogens is 391 g/mol. The van der Waals surface area contributed by atoms with Gasteiger partial charge in [0.2, 0.25) is 0 Å². The van der Waals surface area contributed by atoms with E-state index in [0.29, 0.717) is 5.02 Å². The van der Waals surface area contributed by atoms with Crippen molar-refractivity contribution in [2.24, 2.45) is 5.10 Å². The molecule has 0 bridgehead atoms. The number of halogens is 2. The Hall–Kier alpha value is -3.43. The number of nitrogens with one attached hydrogen (secondary N) is 1. The minimum absolute atomic E-state index is 0.145. The standard InChI is InChI=1S/C22H18ClFN4O/c1-13-4-6-18(23)10-21(13)28-14(2)8-17(15(28)3)12-26-27-22(29)19-7-5-16(11-25)9-20(19)24/h4-10,12H,1-3H3,(H,27,29)/b26-12-. The summed E-state index contributed by atoms with van der Waals surface area (Å²) < 4.78 is 16.0. The zero-order chi connectivity index (χ0) is 21.1. The molecule has 0 aliphatic heterocycles. The van der Waals surface area contributed by atoms with Crippen molar-refractivity contribution in [1.29, 1.82) is 5.26 Å². The highest BCUT2D eigenvalue weighted by Gasteiger charge is 2.13. The first-order valence-electron chi connectivity index (χ1n) is 8.80. The van der Waals surface area contributed by atoms with E-state index in [1.807, 2.05) is 51.1 Å². The Morgan fingerprint density at radius 3 is 2.66 bits per heavy atom. The van der Waals surface area contributed by atoms with Crippen LogP contribution in [0.4, 0.5) is 4.39 Å². The fourth-order valence-electron chi connectivity index (χ4n) is 3.10. The summed E-state index contributed by atoms with van der Waals surface area (Å²) in [6, 6.07) is 13.1. The molecule has 0 aliphatic rings. The molecule has 1 N–H and O–H groups in total. The predicted molar refractivity (Wildman–Crippen MR) is 111 cm³/mol. The number of hydrogen-bond donors (Lipinski definition) is 1. The predicted octanol–water partition coefficient (Wildman–Crippen LogP) is 4.83. The fourth-order valence-corrected chi connectivity index (χ4v) is 3.27. The SMILES string of the molecule is Cc1ccc(Cl)cc1-n1c(C)cc(/C=N\NC(=O)c2ccc(C#N)cc2F)c1C. The van der Waals surface area contributed by atoms with E-state index < -0.39 is 11.7 Å². The zero-order valence-corrected chi connectivity index (χ0v) is 16.9.